The van der Waals surface area contributed by atoms with Gasteiger partial charge in [-0.15, -0.1) is 0 Å². The van der Waals surface area contributed by atoms with Crippen LogP contribution in [0.3, 0.4) is 0 Å². The first kappa shape index (κ1) is 15.3. The van der Waals surface area contributed by atoms with Gasteiger partial charge in [0.15, 0.2) is 0 Å². The fourth-order valence-electron chi connectivity index (χ4n) is 2.82. The molecule has 0 aliphatic carbocycles. The smallest absolute Gasteiger partial charge is 0.123 e. The third-order valence-corrected chi connectivity index (χ3v) is 3.86. The number of hydrogen-bond donors (Lipinski definition) is 1. The molecule has 1 aliphatic rings. The van der Waals surface area contributed by atoms with Crippen LogP contribution in [0, 0.1) is 5.92 Å². The Bertz CT molecular complexity index is 396. The Morgan fingerprint density at radius 2 is 2.20 bits per heavy atom. The molecule has 1 aromatic carbocycles. The molecule has 0 bridgehead atoms. The molecule has 1 saturated heterocycles. The molecule has 1 atom stereocenters. The second kappa shape index (κ2) is 8.25. The van der Waals surface area contributed by atoms with Crippen molar-refractivity contribution >= 4 is 0 Å². The zero-order valence-electron chi connectivity index (χ0n) is 12.4. The summed E-state index contributed by atoms with van der Waals surface area (Å²) in [6.45, 7) is 5.37. The molecule has 0 saturated carbocycles. The van der Waals surface area contributed by atoms with Crippen molar-refractivity contribution < 1.29 is 9.47 Å². The zero-order valence-corrected chi connectivity index (χ0v) is 12.4. The summed E-state index contributed by atoms with van der Waals surface area (Å²) in [5.74, 6) is 1.59. The van der Waals surface area contributed by atoms with Crippen LogP contribution in [0.25, 0.3) is 0 Å². The van der Waals surface area contributed by atoms with E-state index < -0.39 is 0 Å². The number of rotatable bonds is 7. The van der Waals surface area contributed by atoms with E-state index in [-0.39, 0.29) is 0 Å². The van der Waals surface area contributed by atoms with Crippen LogP contribution in [-0.4, -0.2) is 44.9 Å². The molecule has 20 heavy (non-hydrogen) atoms. The highest BCUT2D eigenvalue weighted by molar-refractivity contribution is 5.32. The molecule has 0 aromatic heterocycles. The van der Waals surface area contributed by atoms with Crippen LogP contribution >= 0.6 is 0 Å². The van der Waals surface area contributed by atoms with Crippen molar-refractivity contribution in [3.8, 4) is 5.75 Å². The monoisotopic (exact) mass is 278 g/mol. The van der Waals surface area contributed by atoms with Crippen molar-refractivity contribution in [2.45, 2.75) is 19.4 Å². The maximum absolute atomic E-state index is 5.87. The molecule has 1 aromatic rings. The lowest BCUT2D eigenvalue weighted by molar-refractivity contribution is 0.0831. The van der Waals surface area contributed by atoms with Crippen LogP contribution in [0.1, 0.15) is 18.4 Å². The highest BCUT2D eigenvalue weighted by Crippen LogP contribution is 2.18. The highest BCUT2D eigenvalue weighted by Gasteiger charge is 2.19. The third-order valence-electron chi connectivity index (χ3n) is 3.86. The number of nitrogens with zero attached hydrogens (tertiary/aromatic N) is 1. The third kappa shape index (κ3) is 4.47. The number of benzene rings is 1. The number of nitrogens with two attached hydrogens (primary N) is 1. The Balaban J connectivity index is 1.75. The molecule has 0 amide bonds. The molecule has 1 fully saturated rings. The normalized spacial score (nSPS) is 20.0. The van der Waals surface area contributed by atoms with Crippen molar-refractivity contribution in [2.75, 3.05) is 40.0 Å². The first-order chi connectivity index (χ1) is 9.83. The quantitative estimate of drug-likeness (QED) is 0.827. The number of piperidine rings is 1. The Morgan fingerprint density at radius 3 is 3.00 bits per heavy atom. The largest absolute Gasteiger partial charge is 0.492 e. The summed E-state index contributed by atoms with van der Waals surface area (Å²) >= 11 is 0. The lowest BCUT2D eigenvalue weighted by atomic mass is 9.99. The first-order valence-electron chi connectivity index (χ1n) is 7.45. The van der Waals surface area contributed by atoms with Gasteiger partial charge in [0.25, 0.3) is 0 Å². The fraction of sp³-hybridized carbons (Fsp3) is 0.625. The van der Waals surface area contributed by atoms with E-state index in [1.165, 1.54) is 19.4 Å². The minimum atomic E-state index is 0.524. The van der Waals surface area contributed by atoms with E-state index in [2.05, 4.69) is 4.90 Å². The number of ether oxygens (including phenoxy) is 2. The molecule has 0 spiro atoms. The van der Waals surface area contributed by atoms with Gasteiger partial charge in [0, 0.05) is 32.3 Å². The van der Waals surface area contributed by atoms with Gasteiger partial charge < -0.3 is 15.2 Å². The van der Waals surface area contributed by atoms with Crippen LogP contribution in [0.15, 0.2) is 24.3 Å². The van der Waals surface area contributed by atoms with Crippen molar-refractivity contribution in [2.24, 2.45) is 11.7 Å². The predicted octanol–water partition coefficient (Wildman–Crippen LogP) is 1.88. The highest BCUT2D eigenvalue weighted by atomic mass is 16.5. The minimum Gasteiger partial charge on any atom is -0.492 e. The number of para-hydroxylation sites is 1. The van der Waals surface area contributed by atoms with Gasteiger partial charge in [-0.2, -0.15) is 0 Å². The van der Waals surface area contributed by atoms with Crippen LogP contribution < -0.4 is 10.5 Å². The average Bonchev–Trinajstić information content (AvgIpc) is 2.48. The van der Waals surface area contributed by atoms with Crippen LogP contribution in [-0.2, 0) is 11.3 Å². The van der Waals surface area contributed by atoms with Crippen molar-refractivity contribution in [1.29, 1.82) is 0 Å². The number of methoxy groups -OCH3 is 1. The molecule has 0 radical (unpaired) electrons. The summed E-state index contributed by atoms with van der Waals surface area (Å²) in [6.07, 6.45) is 2.54. The first-order valence-corrected chi connectivity index (χ1v) is 7.45. The maximum atomic E-state index is 5.87. The summed E-state index contributed by atoms with van der Waals surface area (Å²) < 4.78 is 11.1. The Hall–Kier alpha value is -1.10. The molecule has 112 valence electrons. The minimum absolute atomic E-state index is 0.524. The summed E-state index contributed by atoms with van der Waals surface area (Å²) in [7, 11) is 1.78. The molecule has 1 aliphatic heterocycles. The number of likely N-dealkylation sites (tertiary alicyclic amines) is 1. The molecule has 1 unspecified atom stereocenters. The molecular weight excluding hydrogens is 252 g/mol. The van der Waals surface area contributed by atoms with Gasteiger partial charge in [-0.25, -0.2) is 0 Å². The van der Waals surface area contributed by atoms with Gasteiger partial charge in [-0.05, 0) is 31.4 Å². The summed E-state index contributed by atoms with van der Waals surface area (Å²) in [5.41, 5.74) is 6.78. The van der Waals surface area contributed by atoms with Crippen molar-refractivity contribution in [1.82, 2.24) is 4.90 Å². The second-order valence-electron chi connectivity index (χ2n) is 5.42. The van der Waals surface area contributed by atoms with Gasteiger partial charge in [-0.1, -0.05) is 18.2 Å². The van der Waals surface area contributed by atoms with Gasteiger partial charge in [-0.3, -0.25) is 4.90 Å². The number of hydrogen-bond acceptors (Lipinski definition) is 4. The molecule has 4 heteroatoms. The topological polar surface area (TPSA) is 47.7 Å². The molecule has 2 rings (SSSR count). The molecule has 4 nitrogen and oxygen atoms in total. The van der Waals surface area contributed by atoms with E-state index in [0.717, 1.165) is 37.6 Å². The van der Waals surface area contributed by atoms with E-state index >= 15 is 0 Å². The summed E-state index contributed by atoms with van der Waals surface area (Å²) in [5, 5.41) is 0. The van der Waals surface area contributed by atoms with E-state index in [9.17, 15) is 0 Å². The molecule has 1 heterocycles. The second-order valence-corrected chi connectivity index (χ2v) is 5.42. The average molecular weight is 278 g/mol. The Kier molecular flexibility index (Phi) is 6.30. The van der Waals surface area contributed by atoms with Gasteiger partial charge in [0.05, 0.1) is 6.61 Å². The lowest BCUT2D eigenvalue weighted by Gasteiger charge is -2.32. The van der Waals surface area contributed by atoms with E-state index in [1.807, 2.05) is 24.3 Å². The van der Waals surface area contributed by atoms with Crippen LogP contribution in [0.5, 0.6) is 5.75 Å². The standard InChI is InChI=1S/C16H26N2O2/c1-19-13-14-5-4-8-18(12-14)9-10-20-16-7-3-2-6-15(16)11-17/h2-3,6-7,14H,4-5,8-13,17H2,1H3. The molecular formula is C16H26N2O2. The fourth-order valence-corrected chi connectivity index (χ4v) is 2.82. The van der Waals surface area contributed by atoms with Crippen LogP contribution in [0.2, 0.25) is 0 Å². The van der Waals surface area contributed by atoms with Gasteiger partial charge in [0.2, 0.25) is 0 Å². The Morgan fingerprint density at radius 1 is 1.35 bits per heavy atom. The van der Waals surface area contributed by atoms with E-state index in [1.54, 1.807) is 7.11 Å². The van der Waals surface area contributed by atoms with E-state index in [4.69, 9.17) is 15.2 Å². The van der Waals surface area contributed by atoms with Gasteiger partial charge in [0.1, 0.15) is 12.4 Å². The summed E-state index contributed by atoms with van der Waals surface area (Å²) in [6, 6.07) is 8.00. The Labute approximate surface area is 121 Å². The SMILES string of the molecule is COCC1CCCN(CCOc2ccccc2CN)C1. The van der Waals surface area contributed by atoms with E-state index in [0.29, 0.717) is 12.5 Å². The van der Waals surface area contributed by atoms with Crippen LogP contribution in [0.4, 0.5) is 0 Å². The maximum Gasteiger partial charge on any atom is 0.123 e. The molecule has 2 N–H and O–H groups in total. The lowest BCUT2D eigenvalue weighted by Crippen LogP contribution is -2.39. The van der Waals surface area contributed by atoms with Gasteiger partial charge >= 0.3 is 0 Å². The summed E-state index contributed by atoms with van der Waals surface area (Å²) in [4.78, 5) is 2.47. The van der Waals surface area contributed by atoms with Crippen molar-refractivity contribution in [3.63, 3.8) is 0 Å². The van der Waals surface area contributed by atoms with Crippen molar-refractivity contribution in [3.05, 3.63) is 29.8 Å². The predicted molar refractivity (Wildman–Crippen MR) is 80.9 cm³/mol. The zero-order chi connectivity index (χ0) is 14.2.